The van der Waals surface area contributed by atoms with Gasteiger partial charge >= 0.3 is 0 Å². The van der Waals surface area contributed by atoms with E-state index < -0.39 is 0 Å². The second kappa shape index (κ2) is 6.27. The molecular formula is C18H18O3. The minimum atomic E-state index is -0.285. The zero-order valence-electron chi connectivity index (χ0n) is 12.1. The number of allylic oxidation sites excluding steroid dienone is 1. The first-order chi connectivity index (χ1) is 10.1. The predicted octanol–water partition coefficient (Wildman–Crippen LogP) is 3.92. The summed E-state index contributed by atoms with van der Waals surface area (Å²) in [6.07, 6.45) is 4.29. The third-order valence-corrected chi connectivity index (χ3v) is 3.37. The summed E-state index contributed by atoms with van der Waals surface area (Å²) < 4.78 is 0. The fourth-order valence-corrected chi connectivity index (χ4v) is 2.28. The zero-order valence-corrected chi connectivity index (χ0v) is 12.1. The van der Waals surface area contributed by atoms with E-state index in [1.54, 1.807) is 24.3 Å². The van der Waals surface area contributed by atoms with E-state index in [2.05, 4.69) is 0 Å². The van der Waals surface area contributed by atoms with Crippen molar-refractivity contribution in [1.29, 1.82) is 0 Å². The molecule has 2 rings (SSSR count). The van der Waals surface area contributed by atoms with Gasteiger partial charge in [-0.25, -0.2) is 0 Å². The van der Waals surface area contributed by atoms with E-state index in [9.17, 15) is 15.0 Å². The average Bonchev–Trinajstić information content (AvgIpc) is 2.49. The summed E-state index contributed by atoms with van der Waals surface area (Å²) >= 11 is 0. The number of carbonyl (C=O) groups is 1. The van der Waals surface area contributed by atoms with Crippen LogP contribution in [0.4, 0.5) is 0 Å². The molecule has 0 atom stereocenters. The Kier molecular flexibility index (Phi) is 4.43. The molecule has 2 N–H and O–H groups in total. The molecule has 0 heterocycles. The minimum Gasteiger partial charge on any atom is -0.507 e. The molecule has 0 saturated carbocycles. The summed E-state index contributed by atoms with van der Waals surface area (Å²) in [5.41, 5.74) is 2.19. The van der Waals surface area contributed by atoms with E-state index in [4.69, 9.17) is 0 Å². The summed E-state index contributed by atoms with van der Waals surface area (Å²) in [5.74, 6) is -0.280. The fraction of sp³-hybridized carbons (Fsp3) is 0.167. The van der Waals surface area contributed by atoms with Crippen LogP contribution in [0.15, 0.2) is 42.5 Å². The molecule has 0 radical (unpaired) electrons. The molecule has 0 bridgehead atoms. The van der Waals surface area contributed by atoms with E-state index >= 15 is 0 Å². The lowest BCUT2D eigenvalue weighted by Crippen LogP contribution is -2.06. The largest absolute Gasteiger partial charge is 0.507 e. The van der Waals surface area contributed by atoms with Gasteiger partial charge in [0.2, 0.25) is 0 Å². The van der Waals surface area contributed by atoms with E-state index in [-0.39, 0.29) is 22.8 Å². The van der Waals surface area contributed by atoms with Crippen molar-refractivity contribution in [3.63, 3.8) is 0 Å². The van der Waals surface area contributed by atoms with Crippen LogP contribution in [0.5, 0.6) is 11.5 Å². The first kappa shape index (κ1) is 14.9. The number of hydrogen-bond donors (Lipinski definition) is 2. The normalized spacial score (nSPS) is 11.0. The molecule has 0 amide bonds. The van der Waals surface area contributed by atoms with Gasteiger partial charge in [-0.15, -0.1) is 0 Å². The number of carbonyl (C=O) groups excluding carboxylic acids is 1. The first-order valence-corrected chi connectivity index (χ1v) is 6.89. The summed E-state index contributed by atoms with van der Waals surface area (Å²) in [5, 5.41) is 19.9. The number of aromatic hydroxyl groups is 2. The smallest absolute Gasteiger partial charge is 0.197 e. The molecule has 0 aliphatic heterocycles. The van der Waals surface area contributed by atoms with Gasteiger partial charge in [-0.1, -0.05) is 31.2 Å². The zero-order chi connectivity index (χ0) is 15.4. The number of rotatable bonds is 4. The molecule has 108 valence electrons. The minimum absolute atomic E-state index is 0.0541. The SMILES string of the molecule is C/C=C/c1cc(CC)c(C(=O)c2ccccc2O)cc1O. The van der Waals surface area contributed by atoms with Gasteiger partial charge in [-0.3, -0.25) is 4.79 Å². The summed E-state index contributed by atoms with van der Waals surface area (Å²) in [4.78, 5) is 12.6. The Morgan fingerprint density at radius 2 is 1.81 bits per heavy atom. The van der Waals surface area contributed by atoms with Crippen molar-refractivity contribution < 1.29 is 15.0 Å². The van der Waals surface area contributed by atoms with Crippen LogP contribution >= 0.6 is 0 Å². The number of benzene rings is 2. The molecule has 2 aromatic rings. The van der Waals surface area contributed by atoms with E-state index in [0.29, 0.717) is 17.5 Å². The summed E-state index contributed by atoms with van der Waals surface area (Å²) in [6.45, 7) is 3.82. The summed E-state index contributed by atoms with van der Waals surface area (Å²) in [6, 6.07) is 9.71. The molecule has 0 saturated heterocycles. The number of phenols is 2. The Hall–Kier alpha value is -2.55. The van der Waals surface area contributed by atoms with Gasteiger partial charge in [0, 0.05) is 11.1 Å². The second-order valence-electron chi connectivity index (χ2n) is 4.77. The number of hydrogen-bond acceptors (Lipinski definition) is 3. The van der Waals surface area contributed by atoms with Crippen molar-refractivity contribution in [2.75, 3.05) is 0 Å². The van der Waals surface area contributed by atoms with Crippen LogP contribution in [-0.2, 0) is 6.42 Å². The Labute approximate surface area is 124 Å². The Bertz CT molecular complexity index is 700. The number of aryl methyl sites for hydroxylation is 1. The Balaban J connectivity index is 2.56. The maximum absolute atomic E-state index is 12.6. The predicted molar refractivity (Wildman–Crippen MR) is 83.7 cm³/mol. The van der Waals surface area contributed by atoms with Gasteiger partial charge in [0.05, 0.1) is 5.56 Å². The molecule has 3 nitrogen and oxygen atoms in total. The lowest BCUT2D eigenvalue weighted by atomic mass is 9.94. The quantitative estimate of drug-likeness (QED) is 0.835. The van der Waals surface area contributed by atoms with Gasteiger partial charge in [0.15, 0.2) is 5.78 Å². The van der Waals surface area contributed by atoms with Gasteiger partial charge in [-0.2, -0.15) is 0 Å². The van der Waals surface area contributed by atoms with Crippen LogP contribution in [-0.4, -0.2) is 16.0 Å². The van der Waals surface area contributed by atoms with Crippen LogP contribution in [0.3, 0.4) is 0 Å². The van der Waals surface area contributed by atoms with Crippen LogP contribution in [0.1, 0.15) is 40.9 Å². The third kappa shape index (κ3) is 2.97. The molecule has 0 fully saturated rings. The third-order valence-electron chi connectivity index (χ3n) is 3.37. The standard InChI is InChI=1S/C18H18O3/c1-3-7-13-10-12(4-2)15(11-17(13)20)18(21)14-8-5-6-9-16(14)19/h3,5-11,19-20H,4H2,1-2H3/b7-3+. The van der Waals surface area contributed by atoms with Crippen LogP contribution in [0.25, 0.3) is 6.08 Å². The van der Waals surface area contributed by atoms with Crippen molar-refractivity contribution in [2.45, 2.75) is 20.3 Å². The lowest BCUT2D eigenvalue weighted by Gasteiger charge is -2.11. The van der Waals surface area contributed by atoms with Crippen LogP contribution in [0, 0.1) is 0 Å². The lowest BCUT2D eigenvalue weighted by molar-refractivity contribution is 0.103. The Morgan fingerprint density at radius 3 is 2.43 bits per heavy atom. The highest BCUT2D eigenvalue weighted by atomic mass is 16.3. The van der Waals surface area contributed by atoms with E-state index in [0.717, 1.165) is 5.56 Å². The molecule has 0 aliphatic carbocycles. The molecule has 0 aliphatic rings. The monoisotopic (exact) mass is 282 g/mol. The maximum atomic E-state index is 12.6. The highest BCUT2D eigenvalue weighted by molar-refractivity contribution is 6.11. The Morgan fingerprint density at radius 1 is 1.10 bits per heavy atom. The summed E-state index contributed by atoms with van der Waals surface area (Å²) in [7, 11) is 0. The number of para-hydroxylation sites is 1. The van der Waals surface area contributed by atoms with Crippen molar-refractivity contribution in [1.82, 2.24) is 0 Å². The maximum Gasteiger partial charge on any atom is 0.197 e. The van der Waals surface area contributed by atoms with E-state index in [1.165, 1.54) is 12.1 Å². The van der Waals surface area contributed by atoms with Crippen molar-refractivity contribution in [3.8, 4) is 11.5 Å². The van der Waals surface area contributed by atoms with Crippen LogP contribution < -0.4 is 0 Å². The van der Waals surface area contributed by atoms with E-state index in [1.807, 2.05) is 26.0 Å². The molecular weight excluding hydrogens is 264 g/mol. The highest BCUT2D eigenvalue weighted by Gasteiger charge is 2.18. The molecule has 0 unspecified atom stereocenters. The second-order valence-corrected chi connectivity index (χ2v) is 4.77. The van der Waals surface area contributed by atoms with Crippen molar-refractivity contribution >= 4 is 11.9 Å². The molecule has 0 aromatic heterocycles. The average molecular weight is 282 g/mol. The molecule has 21 heavy (non-hydrogen) atoms. The molecule has 0 spiro atoms. The highest BCUT2D eigenvalue weighted by Crippen LogP contribution is 2.28. The van der Waals surface area contributed by atoms with Gasteiger partial charge < -0.3 is 10.2 Å². The van der Waals surface area contributed by atoms with Gasteiger partial charge in [-0.05, 0) is 43.2 Å². The number of ketones is 1. The van der Waals surface area contributed by atoms with Gasteiger partial charge in [0.1, 0.15) is 11.5 Å². The number of phenolic OH excluding ortho intramolecular Hbond substituents is 2. The molecule has 2 aromatic carbocycles. The van der Waals surface area contributed by atoms with Crippen LogP contribution in [0.2, 0.25) is 0 Å². The fourth-order valence-electron chi connectivity index (χ4n) is 2.28. The van der Waals surface area contributed by atoms with Gasteiger partial charge in [0.25, 0.3) is 0 Å². The van der Waals surface area contributed by atoms with Crippen molar-refractivity contribution in [2.24, 2.45) is 0 Å². The topological polar surface area (TPSA) is 57.5 Å². The molecule has 3 heteroatoms. The van der Waals surface area contributed by atoms with Crippen molar-refractivity contribution in [3.05, 3.63) is 64.7 Å². The first-order valence-electron chi connectivity index (χ1n) is 6.89.